The smallest absolute Gasteiger partial charge is 0.139 e. The maximum absolute atomic E-state index is 11.4. The fraction of sp³-hybridized carbons (Fsp3) is 0.700. The zero-order valence-corrected chi connectivity index (χ0v) is 7.23. The number of hydrogen-bond acceptors (Lipinski definition) is 1. The molecule has 1 fully saturated rings. The Kier molecular flexibility index (Phi) is 2.86. The summed E-state index contributed by atoms with van der Waals surface area (Å²) in [6.45, 7) is 5.82. The molecule has 0 spiro atoms. The molecular weight excluding hydrogens is 136 g/mol. The van der Waals surface area contributed by atoms with Gasteiger partial charge >= 0.3 is 0 Å². The lowest BCUT2D eigenvalue weighted by Gasteiger charge is -2.11. The second kappa shape index (κ2) is 3.70. The predicted octanol–water partition coefficient (Wildman–Crippen LogP) is 2.71. The summed E-state index contributed by atoms with van der Waals surface area (Å²) < 4.78 is 0. The first-order chi connectivity index (χ1) is 5.22. The number of Topliss-reactive ketones (excluding diaryl/α,β-unsaturated/α-hetero) is 1. The minimum Gasteiger partial charge on any atom is -0.299 e. The number of rotatable bonds is 1. The quantitative estimate of drug-likeness (QED) is 0.417. The molecule has 62 valence electrons. The summed E-state index contributed by atoms with van der Waals surface area (Å²) >= 11 is 0. The zero-order chi connectivity index (χ0) is 8.27. The Labute approximate surface area is 68.5 Å². The van der Waals surface area contributed by atoms with Crippen LogP contribution in [0.1, 0.15) is 39.0 Å². The van der Waals surface area contributed by atoms with Crippen LogP contribution in [-0.2, 0) is 4.79 Å². The number of carbonyl (C=O) groups excluding carboxylic acids is 1. The fourth-order valence-corrected chi connectivity index (χ4v) is 1.68. The van der Waals surface area contributed by atoms with Crippen LogP contribution < -0.4 is 0 Å². The normalized spacial score (nSPS) is 26.3. The van der Waals surface area contributed by atoms with Gasteiger partial charge in [-0.05, 0) is 19.8 Å². The van der Waals surface area contributed by atoms with Crippen molar-refractivity contribution in [3.8, 4) is 0 Å². The lowest BCUT2D eigenvalue weighted by molar-refractivity contribution is -0.121. The molecule has 1 nitrogen and oxygen atoms in total. The maximum atomic E-state index is 11.4. The van der Waals surface area contributed by atoms with Gasteiger partial charge in [0.2, 0.25) is 0 Å². The Morgan fingerprint density at radius 1 is 1.45 bits per heavy atom. The average Bonchev–Trinajstić information content (AvgIpc) is 2.13. The molecule has 0 unspecified atom stereocenters. The Balaban J connectivity index is 2.59. The summed E-state index contributed by atoms with van der Waals surface area (Å²) in [7, 11) is 0. The molecule has 1 saturated carbocycles. The Morgan fingerprint density at radius 2 is 2.18 bits per heavy atom. The number of hydrogen-bond donors (Lipinski definition) is 0. The van der Waals surface area contributed by atoms with Gasteiger partial charge in [0, 0.05) is 12.3 Å². The molecule has 0 radical (unpaired) electrons. The molecule has 0 saturated heterocycles. The Morgan fingerprint density at radius 3 is 2.82 bits per heavy atom. The minimum atomic E-state index is 0.178. The van der Waals surface area contributed by atoms with Crippen LogP contribution in [0.15, 0.2) is 12.2 Å². The molecule has 1 aliphatic rings. The highest BCUT2D eigenvalue weighted by molar-refractivity contribution is 5.83. The van der Waals surface area contributed by atoms with Gasteiger partial charge in [-0.15, -0.1) is 0 Å². The van der Waals surface area contributed by atoms with Crippen LogP contribution in [-0.4, -0.2) is 5.78 Å². The van der Waals surface area contributed by atoms with E-state index in [1.54, 1.807) is 0 Å². The van der Waals surface area contributed by atoms with Crippen molar-refractivity contribution >= 4 is 5.78 Å². The highest BCUT2D eigenvalue weighted by Gasteiger charge is 2.20. The van der Waals surface area contributed by atoms with Gasteiger partial charge < -0.3 is 0 Å². The van der Waals surface area contributed by atoms with E-state index < -0.39 is 0 Å². The molecule has 1 heteroatoms. The van der Waals surface area contributed by atoms with Gasteiger partial charge in [0.25, 0.3) is 0 Å². The molecule has 0 aliphatic heterocycles. The number of ketones is 1. The van der Waals surface area contributed by atoms with Crippen LogP contribution in [0, 0.1) is 5.92 Å². The summed E-state index contributed by atoms with van der Waals surface area (Å²) in [6.07, 6.45) is 5.31. The van der Waals surface area contributed by atoms with Crippen molar-refractivity contribution in [3.05, 3.63) is 12.2 Å². The van der Waals surface area contributed by atoms with Gasteiger partial charge in [-0.25, -0.2) is 0 Å². The minimum absolute atomic E-state index is 0.178. The number of carbonyl (C=O) groups is 1. The summed E-state index contributed by atoms with van der Waals surface area (Å²) in [5.74, 6) is 0.590. The van der Waals surface area contributed by atoms with Crippen molar-refractivity contribution in [1.82, 2.24) is 0 Å². The molecule has 0 aromatic carbocycles. The molecule has 1 rings (SSSR count). The lowest BCUT2D eigenvalue weighted by atomic mass is 9.93. The first-order valence-corrected chi connectivity index (χ1v) is 4.40. The number of allylic oxidation sites excluding steroid dienone is 1. The van der Waals surface area contributed by atoms with Crippen LogP contribution in [0.2, 0.25) is 0 Å². The summed E-state index contributed by atoms with van der Waals surface area (Å²) in [4.78, 5) is 11.4. The standard InChI is InChI=1S/C10H16O/c1-8(2)9-6-4-3-5-7-10(9)11/h9H,1,3-7H2,2H3/t9-/m0/s1. The van der Waals surface area contributed by atoms with Crippen LogP contribution in [0.25, 0.3) is 0 Å². The monoisotopic (exact) mass is 152 g/mol. The van der Waals surface area contributed by atoms with E-state index >= 15 is 0 Å². The molecule has 0 amide bonds. The molecule has 0 aromatic rings. The van der Waals surface area contributed by atoms with Crippen molar-refractivity contribution in [3.63, 3.8) is 0 Å². The van der Waals surface area contributed by atoms with Crippen molar-refractivity contribution in [1.29, 1.82) is 0 Å². The van der Waals surface area contributed by atoms with E-state index in [0.717, 1.165) is 24.8 Å². The van der Waals surface area contributed by atoms with Crippen LogP contribution in [0.3, 0.4) is 0 Å². The third-order valence-corrected chi connectivity index (χ3v) is 2.40. The lowest BCUT2D eigenvalue weighted by Crippen LogP contribution is -2.12. The van der Waals surface area contributed by atoms with E-state index in [4.69, 9.17) is 0 Å². The second-order valence-corrected chi connectivity index (χ2v) is 3.46. The van der Waals surface area contributed by atoms with Gasteiger partial charge in [0.1, 0.15) is 5.78 Å². The van der Waals surface area contributed by atoms with E-state index in [1.807, 2.05) is 6.92 Å². The highest BCUT2D eigenvalue weighted by atomic mass is 16.1. The third kappa shape index (κ3) is 2.18. The molecule has 0 bridgehead atoms. The topological polar surface area (TPSA) is 17.1 Å². The zero-order valence-electron chi connectivity index (χ0n) is 7.23. The molecule has 0 aromatic heterocycles. The first-order valence-electron chi connectivity index (χ1n) is 4.40. The SMILES string of the molecule is C=C(C)[C@@H]1CCCCCC1=O. The van der Waals surface area contributed by atoms with E-state index in [0.29, 0.717) is 5.78 Å². The van der Waals surface area contributed by atoms with Crippen LogP contribution >= 0.6 is 0 Å². The van der Waals surface area contributed by atoms with E-state index in [-0.39, 0.29) is 5.92 Å². The Bertz CT molecular complexity index is 170. The molecular formula is C10H16O. The summed E-state index contributed by atoms with van der Waals surface area (Å²) in [5, 5.41) is 0. The van der Waals surface area contributed by atoms with E-state index in [2.05, 4.69) is 6.58 Å². The first kappa shape index (κ1) is 8.51. The maximum Gasteiger partial charge on any atom is 0.139 e. The molecule has 1 atom stereocenters. The molecule has 0 N–H and O–H groups in total. The van der Waals surface area contributed by atoms with Crippen molar-refractivity contribution < 1.29 is 4.79 Å². The van der Waals surface area contributed by atoms with Crippen molar-refractivity contribution in [2.24, 2.45) is 5.92 Å². The second-order valence-electron chi connectivity index (χ2n) is 3.46. The molecule has 0 heterocycles. The van der Waals surface area contributed by atoms with Crippen molar-refractivity contribution in [2.75, 3.05) is 0 Å². The molecule has 1 aliphatic carbocycles. The van der Waals surface area contributed by atoms with Crippen LogP contribution in [0.4, 0.5) is 0 Å². The average molecular weight is 152 g/mol. The van der Waals surface area contributed by atoms with Crippen LogP contribution in [0.5, 0.6) is 0 Å². The summed E-state index contributed by atoms with van der Waals surface area (Å²) in [6, 6.07) is 0. The largest absolute Gasteiger partial charge is 0.299 e. The van der Waals surface area contributed by atoms with Gasteiger partial charge in [-0.2, -0.15) is 0 Å². The van der Waals surface area contributed by atoms with Crippen molar-refractivity contribution in [2.45, 2.75) is 39.0 Å². The van der Waals surface area contributed by atoms with E-state index in [1.165, 1.54) is 12.8 Å². The third-order valence-electron chi connectivity index (χ3n) is 2.40. The molecule has 11 heavy (non-hydrogen) atoms. The summed E-state index contributed by atoms with van der Waals surface area (Å²) in [5.41, 5.74) is 1.05. The Hall–Kier alpha value is -0.590. The predicted molar refractivity (Wildman–Crippen MR) is 46.4 cm³/mol. The van der Waals surface area contributed by atoms with Gasteiger partial charge in [0.05, 0.1) is 0 Å². The van der Waals surface area contributed by atoms with E-state index in [9.17, 15) is 4.79 Å². The van der Waals surface area contributed by atoms with Gasteiger partial charge in [-0.1, -0.05) is 25.0 Å². The highest BCUT2D eigenvalue weighted by Crippen LogP contribution is 2.24. The van der Waals surface area contributed by atoms with Gasteiger partial charge in [0.15, 0.2) is 0 Å². The van der Waals surface area contributed by atoms with Gasteiger partial charge in [-0.3, -0.25) is 4.79 Å². The fourth-order valence-electron chi connectivity index (χ4n) is 1.68.